The lowest BCUT2D eigenvalue weighted by atomic mass is 9.92. The number of ether oxygens (including phenoxy) is 3. The Morgan fingerprint density at radius 3 is 2.27 bits per heavy atom. The zero-order chi connectivity index (χ0) is 28.9. The zero-order valence-electron chi connectivity index (χ0n) is 21.2. The minimum Gasteiger partial charge on any atom is -0.507 e. The van der Waals surface area contributed by atoms with E-state index < -0.39 is 78.7 Å². The first-order valence-electron chi connectivity index (χ1n) is 12.6. The summed E-state index contributed by atoms with van der Waals surface area (Å²) < 4.78 is 22.4. The van der Waals surface area contributed by atoms with Crippen LogP contribution in [-0.2, 0) is 9.47 Å². The number of aliphatic hydroxyl groups is 6. The Morgan fingerprint density at radius 2 is 1.62 bits per heavy atom. The molecule has 0 amide bonds. The van der Waals surface area contributed by atoms with Crippen molar-refractivity contribution in [2.45, 2.75) is 68.5 Å². The third-order valence-electron chi connectivity index (χ3n) is 7.28. The van der Waals surface area contributed by atoms with Gasteiger partial charge in [0, 0.05) is 24.1 Å². The molecule has 13 heteroatoms. The highest BCUT2D eigenvalue weighted by Gasteiger charge is 2.44. The molecule has 2 aliphatic heterocycles. The molecule has 0 bridgehead atoms. The molecule has 5 rings (SSSR count). The second-order valence-electron chi connectivity index (χ2n) is 9.97. The van der Waals surface area contributed by atoms with Crippen LogP contribution >= 0.6 is 0 Å². The lowest BCUT2D eigenvalue weighted by molar-refractivity contribution is -0.277. The number of fused-ring (bicyclic) bond motifs is 1. The molecule has 216 valence electrons. The summed E-state index contributed by atoms with van der Waals surface area (Å²) in [6.07, 6.45) is -11.4. The van der Waals surface area contributed by atoms with E-state index in [-0.39, 0.29) is 34.5 Å². The number of aliphatic hydroxyl groups excluding tert-OH is 6. The molecule has 0 radical (unpaired) electrons. The van der Waals surface area contributed by atoms with Crippen molar-refractivity contribution >= 4 is 11.0 Å². The van der Waals surface area contributed by atoms with Gasteiger partial charge in [-0.15, -0.1) is 0 Å². The molecule has 9 atom stereocenters. The third-order valence-corrected chi connectivity index (χ3v) is 7.28. The molecule has 2 fully saturated rings. The predicted octanol–water partition coefficient (Wildman–Crippen LogP) is -0.378. The van der Waals surface area contributed by atoms with Gasteiger partial charge in [-0.05, 0) is 31.2 Å². The van der Waals surface area contributed by atoms with Gasteiger partial charge in [0.2, 0.25) is 6.29 Å². The lowest BCUT2D eigenvalue weighted by Crippen LogP contribution is -2.60. The molecule has 8 N–H and O–H groups in total. The average molecular weight is 563 g/mol. The van der Waals surface area contributed by atoms with E-state index in [9.17, 15) is 45.6 Å². The van der Waals surface area contributed by atoms with E-state index in [1.54, 1.807) is 0 Å². The summed E-state index contributed by atoms with van der Waals surface area (Å²) in [6, 6.07) is 8.32. The fraction of sp³-hybridized carbons (Fsp3) is 0.444. The average Bonchev–Trinajstić information content (AvgIpc) is 2.91. The van der Waals surface area contributed by atoms with Crippen LogP contribution in [0.4, 0.5) is 0 Å². The highest BCUT2D eigenvalue weighted by atomic mass is 16.7. The standard InChI is InChI=1S/C27H30O13/c1-10-22(32)15(31)8-17(37-10)20-14(30)7-18-21(24(20)34)13(29)6-16(39-18)11-2-4-12(5-3-11)38-27-26(36)25(35)23(33)19(9-28)40-27/h2-7,10,15,17,19,22-23,25-28,30-36H,8-9H2,1H3/t10?,15-,17-,19?,22+,23-,25+,26?,27-/m1/s1. The van der Waals surface area contributed by atoms with E-state index in [0.29, 0.717) is 5.56 Å². The van der Waals surface area contributed by atoms with Gasteiger partial charge in [-0.1, -0.05) is 0 Å². The van der Waals surface area contributed by atoms with E-state index in [0.717, 1.165) is 12.1 Å². The first-order valence-corrected chi connectivity index (χ1v) is 12.6. The van der Waals surface area contributed by atoms with Crippen molar-refractivity contribution in [3.63, 3.8) is 0 Å². The summed E-state index contributed by atoms with van der Waals surface area (Å²) >= 11 is 0. The van der Waals surface area contributed by atoms with Gasteiger partial charge in [0.25, 0.3) is 0 Å². The summed E-state index contributed by atoms with van der Waals surface area (Å²) in [7, 11) is 0. The Labute approximate surface area is 226 Å². The number of hydrogen-bond acceptors (Lipinski definition) is 13. The summed E-state index contributed by atoms with van der Waals surface area (Å²) in [5.74, 6) is -0.677. The SMILES string of the molecule is CC1O[C@@H](c2c(O)cc3oc(-c4ccc(O[C@@H]5OC(CO)[C@@H](O)[C@H](O)C5O)cc4)cc(=O)c3c2O)C[C@@H](O)[C@H]1O. The van der Waals surface area contributed by atoms with Gasteiger partial charge in [-0.3, -0.25) is 4.79 Å². The first kappa shape index (κ1) is 28.3. The van der Waals surface area contributed by atoms with Gasteiger partial charge in [0.15, 0.2) is 5.43 Å². The van der Waals surface area contributed by atoms with Crippen molar-refractivity contribution in [3.8, 4) is 28.6 Å². The van der Waals surface area contributed by atoms with Crippen molar-refractivity contribution in [2.75, 3.05) is 6.61 Å². The van der Waals surface area contributed by atoms with Crippen LogP contribution in [0.3, 0.4) is 0 Å². The number of rotatable bonds is 5. The van der Waals surface area contributed by atoms with Gasteiger partial charge in [0.1, 0.15) is 64.5 Å². The molecule has 13 nitrogen and oxygen atoms in total. The molecular weight excluding hydrogens is 532 g/mol. The molecule has 40 heavy (non-hydrogen) atoms. The number of phenolic OH excluding ortho intramolecular Hbond substituents is 2. The highest BCUT2D eigenvalue weighted by molar-refractivity contribution is 5.88. The van der Waals surface area contributed by atoms with Gasteiger partial charge < -0.3 is 59.5 Å². The van der Waals surface area contributed by atoms with E-state index in [2.05, 4.69) is 0 Å². The second-order valence-corrected chi connectivity index (χ2v) is 9.97. The number of phenols is 2. The summed E-state index contributed by atoms with van der Waals surface area (Å²) in [6.45, 7) is 0.936. The molecule has 3 unspecified atom stereocenters. The molecular formula is C27H30O13. The smallest absolute Gasteiger partial charge is 0.229 e. The lowest BCUT2D eigenvalue weighted by Gasteiger charge is -2.39. The van der Waals surface area contributed by atoms with E-state index >= 15 is 0 Å². The van der Waals surface area contributed by atoms with Crippen molar-refractivity contribution in [1.29, 1.82) is 0 Å². The predicted molar refractivity (Wildman–Crippen MR) is 136 cm³/mol. The van der Waals surface area contributed by atoms with Crippen LogP contribution in [0.25, 0.3) is 22.3 Å². The van der Waals surface area contributed by atoms with E-state index in [1.807, 2.05) is 0 Å². The molecule has 0 saturated carbocycles. The van der Waals surface area contributed by atoms with Gasteiger partial charge in [0.05, 0.1) is 30.5 Å². The molecule has 0 spiro atoms. The van der Waals surface area contributed by atoms with Crippen LogP contribution in [0.1, 0.15) is 25.0 Å². The maximum Gasteiger partial charge on any atom is 0.229 e. The van der Waals surface area contributed by atoms with Crippen LogP contribution in [0.15, 0.2) is 45.6 Å². The molecule has 1 aromatic heterocycles. The van der Waals surface area contributed by atoms with Gasteiger partial charge >= 0.3 is 0 Å². The molecule has 2 aliphatic rings. The molecule has 3 aromatic rings. The van der Waals surface area contributed by atoms with Crippen molar-refractivity contribution in [1.82, 2.24) is 0 Å². The third kappa shape index (κ3) is 5.02. The fourth-order valence-corrected chi connectivity index (χ4v) is 5.01. The van der Waals surface area contributed by atoms with Crippen LogP contribution in [-0.4, -0.2) is 96.5 Å². The Balaban J connectivity index is 1.41. The normalized spacial score (nSPS) is 32.7. The van der Waals surface area contributed by atoms with Crippen LogP contribution in [0.5, 0.6) is 17.2 Å². The van der Waals surface area contributed by atoms with Crippen molar-refractivity contribution < 1.29 is 59.5 Å². The Hall–Kier alpha value is -3.27. The van der Waals surface area contributed by atoms with Crippen LogP contribution in [0, 0.1) is 0 Å². The van der Waals surface area contributed by atoms with E-state index in [1.165, 1.54) is 31.2 Å². The fourth-order valence-electron chi connectivity index (χ4n) is 5.01. The molecule has 2 saturated heterocycles. The van der Waals surface area contributed by atoms with Gasteiger partial charge in [-0.25, -0.2) is 0 Å². The highest BCUT2D eigenvalue weighted by Crippen LogP contribution is 2.44. The monoisotopic (exact) mass is 562 g/mol. The summed E-state index contributed by atoms with van der Waals surface area (Å²) in [5, 5.41) is 80.8. The quantitative estimate of drug-likeness (QED) is 0.199. The molecule has 2 aromatic carbocycles. The van der Waals surface area contributed by atoms with E-state index in [4.69, 9.17) is 18.6 Å². The Kier molecular flexibility index (Phi) is 7.74. The largest absolute Gasteiger partial charge is 0.507 e. The maximum absolute atomic E-state index is 13.0. The minimum atomic E-state index is -1.60. The van der Waals surface area contributed by atoms with Crippen LogP contribution < -0.4 is 10.2 Å². The molecule has 0 aliphatic carbocycles. The number of benzene rings is 2. The minimum absolute atomic E-state index is 0.0972. The number of hydrogen-bond donors (Lipinski definition) is 8. The second kappa shape index (κ2) is 11.0. The van der Waals surface area contributed by atoms with Crippen molar-refractivity contribution in [3.05, 3.63) is 52.2 Å². The molecule has 3 heterocycles. The Bertz CT molecular complexity index is 1410. The van der Waals surface area contributed by atoms with Crippen molar-refractivity contribution in [2.24, 2.45) is 0 Å². The maximum atomic E-state index is 13.0. The number of aromatic hydroxyl groups is 2. The van der Waals surface area contributed by atoms with Gasteiger partial charge in [-0.2, -0.15) is 0 Å². The first-order chi connectivity index (χ1) is 19.0. The Morgan fingerprint density at radius 1 is 0.925 bits per heavy atom. The topological polar surface area (TPSA) is 220 Å². The summed E-state index contributed by atoms with van der Waals surface area (Å²) in [5.41, 5.74) is -0.391. The zero-order valence-corrected chi connectivity index (χ0v) is 21.2. The summed E-state index contributed by atoms with van der Waals surface area (Å²) in [4.78, 5) is 13.0. The van der Waals surface area contributed by atoms with Crippen LogP contribution in [0.2, 0.25) is 0 Å².